The number of anilines is 1. The van der Waals surface area contributed by atoms with Crippen molar-refractivity contribution in [2.45, 2.75) is 0 Å². The Hall–Kier alpha value is -3.34. The van der Waals surface area contributed by atoms with Crippen LogP contribution in [0.1, 0.15) is 4.88 Å². The molecule has 5 rings (SSSR count). The third kappa shape index (κ3) is 3.41. The summed E-state index contributed by atoms with van der Waals surface area (Å²) < 4.78 is 6.45. The molecule has 0 unspecified atom stereocenters. The number of hydroxylamine groups is 1. The number of amides is 1. The summed E-state index contributed by atoms with van der Waals surface area (Å²) in [6.45, 7) is 2.79. The molecule has 1 amide bonds. The number of fused-ring (bicyclic) bond motifs is 2. The van der Waals surface area contributed by atoms with Gasteiger partial charge < -0.3 is 9.64 Å². The molecule has 1 aliphatic heterocycles. The molecule has 4 heterocycles. The van der Waals surface area contributed by atoms with Crippen LogP contribution in [0, 0.1) is 0 Å². The van der Waals surface area contributed by atoms with Crippen molar-refractivity contribution in [3.05, 3.63) is 41.4 Å². The second kappa shape index (κ2) is 7.82. The average Bonchev–Trinajstić information content (AvgIpc) is 3.43. The Morgan fingerprint density at radius 2 is 2.17 bits per heavy atom. The van der Waals surface area contributed by atoms with E-state index in [1.807, 2.05) is 24.3 Å². The van der Waals surface area contributed by atoms with Crippen molar-refractivity contribution in [3.63, 3.8) is 0 Å². The number of ether oxygens (including phenoxy) is 1. The molecule has 3 aromatic heterocycles. The molecule has 0 aliphatic carbocycles. The first-order valence-corrected chi connectivity index (χ1v) is 10.2. The molecule has 1 fully saturated rings. The Balaban J connectivity index is 1.67. The molecule has 0 atom stereocenters. The second-order valence-electron chi connectivity index (χ2n) is 6.78. The topological polar surface area (TPSA) is 116 Å². The van der Waals surface area contributed by atoms with E-state index in [4.69, 9.17) is 19.9 Å². The first kappa shape index (κ1) is 18.7. The third-order valence-corrected chi connectivity index (χ3v) is 6.00. The van der Waals surface area contributed by atoms with Crippen molar-refractivity contribution >= 4 is 50.3 Å². The van der Waals surface area contributed by atoms with E-state index in [-0.39, 0.29) is 0 Å². The van der Waals surface area contributed by atoms with Crippen LogP contribution < -0.4 is 10.4 Å². The normalized spacial score (nSPS) is 14.8. The molecule has 9 nitrogen and oxygen atoms in total. The lowest BCUT2D eigenvalue weighted by Gasteiger charge is -2.28. The zero-order chi connectivity index (χ0) is 20.5. The van der Waals surface area contributed by atoms with E-state index in [0.29, 0.717) is 19.0 Å². The average molecular weight is 422 g/mol. The van der Waals surface area contributed by atoms with Crippen LogP contribution in [0.15, 0.2) is 36.5 Å². The maximum atomic E-state index is 11.4. The maximum Gasteiger partial charge on any atom is 0.267 e. The Morgan fingerprint density at radius 1 is 1.30 bits per heavy atom. The highest BCUT2D eigenvalue weighted by Gasteiger charge is 2.20. The van der Waals surface area contributed by atoms with E-state index in [1.54, 1.807) is 17.8 Å². The van der Waals surface area contributed by atoms with E-state index in [1.165, 1.54) is 17.4 Å². The van der Waals surface area contributed by atoms with Crippen LogP contribution in [0.25, 0.3) is 38.6 Å². The van der Waals surface area contributed by atoms with Gasteiger partial charge in [-0.05, 0) is 18.2 Å². The van der Waals surface area contributed by atoms with Gasteiger partial charge >= 0.3 is 0 Å². The summed E-state index contributed by atoms with van der Waals surface area (Å²) in [4.78, 5) is 24.1. The highest BCUT2D eigenvalue weighted by molar-refractivity contribution is 7.20. The molecule has 0 saturated carbocycles. The zero-order valence-corrected chi connectivity index (χ0v) is 16.6. The van der Waals surface area contributed by atoms with Crippen LogP contribution in [0.5, 0.6) is 0 Å². The lowest BCUT2D eigenvalue weighted by Crippen LogP contribution is -2.36. The fourth-order valence-corrected chi connectivity index (χ4v) is 4.50. The Bertz CT molecular complexity index is 1260. The van der Waals surface area contributed by atoms with E-state index in [2.05, 4.69) is 15.1 Å². The standard InChI is InChI=1S/C20H18N6O3S/c27-17(25-28)5-4-12-10-16-18(30-12)20(26-6-8-29-9-7-26)23-19(22-16)13-2-1-3-15-14(13)11-21-24-15/h1-5,10-11,28H,6-9H2,(H,21,24)(H,25,27)/b5-4+. The number of aromatic nitrogens is 4. The van der Waals surface area contributed by atoms with Gasteiger partial charge in [-0.15, -0.1) is 11.3 Å². The van der Waals surface area contributed by atoms with Crippen LogP contribution in [0.3, 0.4) is 0 Å². The van der Waals surface area contributed by atoms with Crippen LogP contribution in [-0.4, -0.2) is 57.6 Å². The number of nitrogens with one attached hydrogen (secondary N) is 2. The molecule has 1 aliphatic rings. The van der Waals surface area contributed by atoms with Gasteiger partial charge in [0.15, 0.2) is 11.6 Å². The molecule has 0 bridgehead atoms. The minimum atomic E-state index is -0.584. The summed E-state index contributed by atoms with van der Waals surface area (Å²) >= 11 is 1.50. The largest absolute Gasteiger partial charge is 0.378 e. The third-order valence-electron chi connectivity index (χ3n) is 4.92. The summed E-state index contributed by atoms with van der Waals surface area (Å²) in [7, 11) is 0. The number of carbonyl (C=O) groups is 1. The first-order chi connectivity index (χ1) is 14.7. The van der Waals surface area contributed by atoms with E-state index in [0.717, 1.165) is 50.5 Å². The smallest absolute Gasteiger partial charge is 0.267 e. The van der Waals surface area contributed by atoms with Crippen molar-refractivity contribution in [1.29, 1.82) is 0 Å². The lowest BCUT2D eigenvalue weighted by molar-refractivity contribution is -0.124. The van der Waals surface area contributed by atoms with Gasteiger partial charge in [-0.1, -0.05) is 12.1 Å². The number of morpholine rings is 1. The minimum Gasteiger partial charge on any atom is -0.378 e. The predicted octanol–water partition coefficient (Wildman–Crippen LogP) is 2.59. The summed E-state index contributed by atoms with van der Waals surface area (Å²) in [6.07, 6.45) is 4.71. The van der Waals surface area contributed by atoms with E-state index < -0.39 is 5.91 Å². The fourth-order valence-electron chi connectivity index (χ4n) is 3.48. The highest BCUT2D eigenvalue weighted by atomic mass is 32.1. The van der Waals surface area contributed by atoms with Crippen molar-refractivity contribution < 1.29 is 14.7 Å². The van der Waals surface area contributed by atoms with Crippen molar-refractivity contribution in [2.24, 2.45) is 0 Å². The number of hydrogen-bond donors (Lipinski definition) is 3. The quantitative estimate of drug-likeness (QED) is 0.263. The number of aromatic amines is 1. The SMILES string of the molecule is O=C(/C=C/c1cc2nc(-c3cccc4[nH]ncc34)nc(N3CCOCC3)c2s1)NO. The van der Waals surface area contributed by atoms with Crippen LogP contribution in [-0.2, 0) is 9.53 Å². The number of rotatable bonds is 4. The molecular formula is C20H18N6O3S. The van der Waals surface area contributed by atoms with Gasteiger partial charge in [0, 0.05) is 35.0 Å². The molecule has 3 N–H and O–H groups in total. The molecule has 0 spiro atoms. The highest BCUT2D eigenvalue weighted by Crippen LogP contribution is 2.36. The Morgan fingerprint density at radius 3 is 3.00 bits per heavy atom. The summed E-state index contributed by atoms with van der Waals surface area (Å²) in [5.74, 6) is 0.895. The molecule has 10 heteroatoms. The van der Waals surface area contributed by atoms with Gasteiger partial charge in [0.1, 0.15) is 0 Å². The van der Waals surface area contributed by atoms with Crippen molar-refractivity contribution in [2.75, 3.05) is 31.2 Å². The van der Waals surface area contributed by atoms with E-state index >= 15 is 0 Å². The number of carbonyl (C=O) groups excluding carboxylic acids is 1. The minimum absolute atomic E-state index is 0.584. The maximum absolute atomic E-state index is 11.4. The molecule has 0 radical (unpaired) electrons. The summed E-state index contributed by atoms with van der Waals surface area (Å²) in [6, 6.07) is 7.83. The Kier molecular flexibility index (Phi) is 4.87. The zero-order valence-electron chi connectivity index (χ0n) is 15.8. The van der Waals surface area contributed by atoms with Crippen LogP contribution in [0.4, 0.5) is 5.82 Å². The molecule has 152 valence electrons. The van der Waals surface area contributed by atoms with Crippen LogP contribution >= 0.6 is 11.3 Å². The van der Waals surface area contributed by atoms with Gasteiger partial charge in [0.25, 0.3) is 5.91 Å². The van der Waals surface area contributed by atoms with Gasteiger partial charge in [-0.2, -0.15) is 5.10 Å². The monoisotopic (exact) mass is 422 g/mol. The number of thiophene rings is 1. The number of H-pyrrole nitrogens is 1. The molecule has 1 aromatic carbocycles. The van der Waals surface area contributed by atoms with Gasteiger partial charge in [-0.3, -0.25) is 15.1 Å². The molecular weight excluding hydrogens is 404 g/mol. The molecule has 1 saturated heterocycles. The summed E-state index contributed by atoms with van der Waals surface area (Å²) in [5, 5.41) is 16.8. The first-order valence-electron chi connectivity index (χ1n) is 9.42. The number of hydrogen-bond acceptors (Lipinski definition) is 8. The van der Waals surface area contributed by atoms with Gasteiger partial charge in [0.05, 0.1) is 35.1 Å². The predicted molar refractivity (Wildman–Crippen MR) is 114 cm³/mol. The Labute approximate surface area is 175 Å². The fraction of sp³-hybridized carbons (Fsp3) is 0.200. The van der Waals surface area contributed by atoms with E-state index in [9.17, 15) is 4.79 Å². The number of benzene rings is 1. The van der Waals surface area contributed by atoms with Gasteiger partial charge in [0.2, 0.25) is 0 Å². The van der Waals surface area contributed by atoms with Gasteiger partial charge in [-0.25, -0.2) is 15.4 Å². The summed E-state index contributed by atoms with van der Waals surface area (Å²) in [5.41, 5.74) is 4.23. The van der Waals surface area contributed by atoms with Crippen molar-refractivity contribution in [3.8, 4) is 11.4 Å². The molecule has 30 heavy (non-hydrogen) atoms. The second-order valence-corrected chi connectivity index (χ2v) is 7.86. The number of nitrogens with zero attached hydrogens (tertiary/aromatic N) is 4. The van der Waals surface area contributed by atoms with Crippen molar-refractivity contribution in [1.82, 2.24) is 25.6 Å². The van der Waals surface area contributed by atoms with Crippen LogP contribution in [0.2, 0.25) is 0 Å². The molecule has 4 aromatic rings. The lowest BCUT2D eigenvalue weighted by atomic mass is 10.1.